The molecule has 3 aromatic rings. The number of ether oxygens (including phenoxy) is 2. The first-order valence-electron chi connectivity index (χ1n) is 10.3. The van der Waals surface area contributed by atoms with E-state index in [-0.39, 0.29) is 11.9 Å². The van der Waals surface area contributed by atoms with Gasteiger partial charge in [-0.25, -0.2) is 17.9 Å². The van der Waals surface area contributed by atoms with Crippen LogP contribution in [-0.2, 0) is 25.6 Å². The molecular formula is C21H30N4O5S2Si. The molecule has 0 bridgehead atoms. The molecule has 2 heterocycles. The van der Waals surface area contributed by atoms with Crippen LogP contribution in [-0.4, -0.2) is 68.3 Å². The molecule has 0 aliphatic carbocycles. The molecule has 33 heavy (non-hydrogen) atoms. The molecule has 1 atom stereocenters. The van der Waals surface area contributed by atoms with E-state index in [2.05, 4.69) is 29.7 Å². The maximum absolute atomic E-state index is 12.2. The molecular weight excluding hydrogens is 480 g/mol. The van der Waals surface area contributed by atoms with Gasteiger partial charge < -0.3 is 9.47 Å². The highest BCUT2D eigenvalue weighted by molar-refractivity contribution is 7.92. The lowest BCUT2D eigenvalue weighted by atomic mass is 10.1. The molecule has 1 aromatic carbocycles. The number of fused-ring (bicyclic) bond motifs is 1. The van der Waals surface area contributed by atoms with E-state index >= 15 is 0 Å². The second-order valence-electron chi connectivity index (χ2n) is 8.91. The monoisotopic (exact) mass is 510 g/mol. The number of anilines is 1. The predicted molar refractivity (Wildman–Crippen MR) is 134 cm³/mol. The van der Waals surface area contributed by atoms with Gasteiger partial charge in [0.05, 0.1) is 34.6 Å². The number of sulfonamides is 1. The normalized spacial score (nSPS) is 13.3. The third kappa shape index (κ3) is 6.19. The highest BCUT2D eigenvalue weighted by Gasteiger charge is 2.22. The van der Waals surface area contributed by atoms with Crippen LogP contribution in [0.2, 0.25) is 25.7 Å². The van der Waals surface area contributed by atoms with Crippen molar-refractivity contribution in [2.75, 3.05) is 37.3 Å². The fourth-order valence-electron chi connectivity index (χ4n) is 3.07. The average Bonchev–Trinajstić information content (AvgIpc) is 3.09. The first-order chi connectivity index (χ1) is 15.4. The number of nitrogens with zero attached hydrogens (tertiary/aromatic N) is 4. The van der Waals surface area contributed by atoms with Crippen molar-refractivity contribution in [1.29, 1.82) is 0 Å². The van der Waals surface area contributed by atoms with Crippen molar-refractivity contribution in [1.82, 2.24) is 14.6 Å². The minimum atomic E-state index is -3.49. The molecule has 0 saturated heterocycles. The van der Waals surface area contributed by atoms with Crippen LogP contribution in [0.3, 0.4) is 0 Å². The molecule has 0 aliphatic heterocycles. The van der Waals surface area contributed by atoms with Crippen LogP contribution in [0.1, 0.15) is 0 Å². The van der Waals surface area contributed by atoms with Gasteiger partial charge in [0.25, 0.3) is 0 Å². The second kappa shape index (κ2) is 9.91. The maximum Gasteiger partial charge on any atom is 0.237 e. The number of para-hydroxylation sites is 1. The second-order valence-corrected chi connectivity index (χ2v) is 17.8. The van der Waals surface area contributed by atoms with Crippen LogP contribution < -0.4 is 9.04 Å². The quantitative estimate of drug-likeness (QED) is 0.234. The Balaban J connectivity index is 2.04. The van der Waals surface area contributed by atoms with E-state index in [1.54, 1.807) is 35.0 Å². The van der Waals surface area contributed by atoms with Crippen molar-refractivity contribution in [3.63, 3.8) is 0 Å². The van der Waals surface area contributed by atoms with Crippen LogP contribution in [0.4, 0.5) is 5.69 Å². The lowest BCUT2D eigenvalue weighted by Crippen LogP contribution is -2.25. The third-order valence-corrected chi connectivity index (χ3v) is 8.62. The lowest BCUT2D eigenvalue weighted by Gasteiger charge is -2.20. The van der Waals surface area contributed by atoms with Crippen LogP contribution >= 0.6 is 0 Å². The van der Waals surface area contributed by atoms with Crippen molar-refractivity contribution in [3.05, 3.63) is 36.5 Å². The van der Waals surface area contributed by atoms with Gasteiger partial charge in [-0.05, 0) is 12.1 Å². The van der Waals surface area contributed by atoms with E-state index in [1.807, 2.05) is 6.07 Å². The summed E-state index contributed by atoms with van der Waals surface area (Å²) in [4.78, 5) is 4.19. The summed E-state index contributed by atoms with van der Waals surface area (Å²) in [6.45, 7) is 7.52. The zero-order chi connectivity index (χ0) is 24.4. The maximum atomic E-state index is 12.2. The molecule has 0 aliphatic rings. The zero-order valence-electron chi connectivity index (χ0n) is 19.7. The minimum absolute atomic E-state index is 0.0654. The van der Waals surface area contributed by atoms with E-state index < -0.39 is 28.9 Å². The largest absolute Gasteiger partial charge is 0.465 e. The highest BCUT2D eigenvalue weighted by atomic mass is 32.2. The average molecular weight is 511 g/mol. The van der Waals surface area contributed by atoms with E-state index in [0.29, 0.717) is 34.8 Å². The van der Waals surface area contributed by atoms with Gasteiger partial charge in [0.1, 0.15) is 5.52 Å². The van der Waals surface area contributed by atoms with Gasteiger partial charge in [-0.2, -0.15) is 0 Å². The first kappa shape index (κ1) is 25.3. The summed E-state index contributed by atoms with van der Waals surface area (Å²) in [5.74, 6) is 0.489. The van der Waals surface area contributed by atoms with E-state index in [9.17, 15) is 12.6 Å². The Morgan fingerprint density at radius 2 is 1.91 bits per heavy atom. The van der Waals surface area contributed by atoms with Gasteiger partial charge in [-0.3, -0.25) is 8.51 Å². The van der Waals surface area contributed by atoms with E-state index in [4.69, 9.17) is 9.47 Å². The minimum Gasteiger partial charge on any atom is -0.465 e. The molecule has 1 unspecified atom stereocenters. The summed E-state index contributed by atoms with van der Waals surface area (Å²) < 4.78 is 50.8. The van der Waals surface area contributed by atoms with Gasteiger partial charge in [0, 0.05) is 39.6 Å². The van der Waals surface area contributed by atoms with Gasteiger partial charge in [-0.1, -0.05) is 37.8 Å². The standard InChI is InChI=1S/C21H30N4O5S2Si/c1-24(32(3,27)28)17-10-8-7-9-16(17)18-13-20(30-15-29-11-12-33(4,5)6)19-14-22-21(31(2)26)23-25(18)19/h7-10,13-14H,11-12,15H2,1-6H3. The molecule has 0 spiro atoms. The SMILES string of the molecule is CN(c1ccccc1-c1cc(OCOCC[Si](C)(C)C)c2cnc(S(C)=O)nn12)S(C)(=O)=O. The third-order valence-electron chi connectivity index (χ3n) is 5.03. The lowest BCUT2D eigenvalue weighted by molar-refractivity contribution is 0.0230. The molecule has 0 saturated carbocycles. The predicted octanol–water partition coefficient (Wildman–Crippen LogP) is 3.22. The van der Waals surface area contributed by atoms with Crippen LogP contribution in [0.15, 0.2) is 41.7 Å². The van der Waals surface area contributed by atoms with Gasteiger partial charge in [0.15, 0.2) is 12.5 Å². The molecule has 0 amide bonds. The first-order valence-corrected chi connectivity index (χ1v) is 17.5. The summed E-state index contributed by atoms with van der Waals surface area (Å²) in [5, 5.41) is 4.59. The number of hydrogen-bond acceptors (Lipinski definition) is 7. The van der Waals surface area contributed by atoms with Crippen LogP contribution in [0.5, 0.6) is 5.75 Å². The van der Waals surface area contributed by atoms with Crippen molar-refractivity contribution >= 4 is 40.1 Å². The van der Waals surface area contributed by atoms with Crippen molar-refractivity contribution in [2.45, 2.75) is 30.8 Å². The zero-order valence-corrected chi connectivity index (χ0v) is 22.4. The molecule has 0 radical (unpaired) electrons. The topological polar surface area (TPSA) is 103 Å². The Morgan fingerprint density at radius 3 is 2.55 bits per heavy atom. The van der Waals surface area contributed by atoms with Crippen molar-refractivity contribution in [2.24, 2.45) is 0 Å². The van der Waals surface area contributed by atoms with Crippen LogP contribution in [0, 0.1) is 0 Å². The van der Waals surface area contributed by atoms with Gasteiger partial charge >= 0.3 is 0 Å². The Hall–Kier alpha value is -2.28. The Morgan fingerprint density at radius 1 is 1.21 bits per heavy atom. The van der Waals surface area contributed by atoms with Gasteiger partial charge in [-0.15, -0.1) is 5.10 Å². The molecule has 12 heteroatoms. The summed E-state index contributed by atoms with van der Waals surface area (Å²) in [7, 11) is -4.60. The fraction of sp³-hybridized carbons (Fsp3) is 0.429. The number of aromatic nitrogens is 3. The van der Waals surface area contributed by atoms with Crippen LogP contribution in [0.25, 0.3) is 16.8 Å². The molecule has 9 nitrogen and oxygen atoms in total. The Bertz CT molecular complexity index is 1270. The fourth-order valence-corrected chi connectivity index (χ4v) is 4.74. The van der Waals surface area contributed by atoms with Gasteiger partial charge in [0.2, 0.25) is 15.2 Å². The molecule has 180 valence electrons. The summed E-state index contributed by atoms with van der Waals surface area (Å²) in [6, 6.07) is 9.89. The molecule has 0 N–H and O–H groups in total. The summed E-state index contributed by atoms with van der Waals surface area (Å²) in [6.07, 6.45) is 4.19. The number of benzene rings is 1. The number of rotatable bonds is 10. The summed E-state index contributed by atoms with van der Waals surface area (Å²) >= 11 is 0. The molecule has 0 fully saturated rings. The number of hydrogen-bond donors (Lipinski definition) is 0. The molecule has 3 rings (SSSR count). The smallest absolute Gasteiger partial charge is 0.237 e. The highest BCUT2D eigenvalue weighted by Crippen LogP contribution is 2.36. The Labute approximate surface area is 198 Å². The van der Waals surface area contributed by atoms with E-state index in [1.165, 1.54) is 17.6 Å². The van der Waals surface area contributed by atoms with Crippen molar-refractivity contribution < 1.29 is 22.1 Å². The molecule has 2 aromatic heterocycles. The van der Waals surface area contributed by atoms with Crippen molar-refractivity contribution in [3.8, 4) is 17.0 Å². The Kier molecular flexibility index (Phi) is 7.61. The summed E-state index contributed by atoms with van der Waals surface area (Å²) in [5.41, 5.74) is 2.25. The van der Waals surface area contributed by atoms with E-state index in [0.717, 1.165) is 12.3 Å².